The van der Waals surface area contributed by atoms with Crippen LogP contribution < -0.4 is 0 Å². The Hall–Kier alpha value is -1.40. The first-order valence-electron chi connectivity index (χ1n) is 6.44. The van der Waals surface area contributed by atoms with Crippen molar-refractivity contribution >= 4 is 15.8 Å². The van der Waals surface area contributed by atoms with Crippen LogP contribution in [0.1, 0.15) is 31.4 Å². The topological polar surface area (TPSA) is 74.7 Å². The highest BCUT2D eigenvalue weighted by molar-refractivity contribution is 7.90. The van der Waals surface area contributed by atoms with Gasteiger partial charge in [-0.1, -0.05) is 12.1 Å². The lowest BCUT2D eigenvalue weighted by atomic mass is 10.1. The van der Waals surface area contributed by atoms with Gasteiger partial charge in [-0.05, 0) is 44.6 Å². The monoisotopic (exact) mass is 299 g/mol. The van der Waals surface area contributed by atoms with Crippen LogP contribution in [0.3, 0.4) is 0 Å². The summed E-state index contributed by atoms with van der Waals surface area (Å²) in [5.74, 6) is -0.788. The molecule has 0 spiro atoms. The number of hydrogen-bond acceptors (Lipinski definition) is 4. The molecule has 20 heavy (non-hydrogen) atoms. The Morgan fingerprint density at radius 2 is 1.85 bits per heavy atom. The van der Waals surface area contributed by atoms with Gasteiger partial charge in [-0.2, -0.15) is 0 Å². The first kappa shape index (κ1) is 16.7. The molecule has 1 aromatic rings. The third-order valence-corrected chi connectivity index (χ3v) is 4.48. The second-order valence-corrected chi connectivity index (χ2v) is 7.01. The van der Waals surface area contributed by atoms with Crippen LogP contribution >= 0.6 is 0 Å². The van der Waals surface area contributed by atoms with E-state index in [1.54, 1.807) is 24.3 Å². The molecule has 6 heteroatoms. The Balaban J connectivity index is 2.67. The summed E-state index contributed by atoms with van der Waals surface area (Å²) < 4.78 is 22.8. The quantitative estimate of drug-likeness (QED) is 0.833. The van der Waals surface area contributed by atoms with Gasteiger partial charge in [0.2, 0.25) is 0 Å². The summed E-state index contributed by atoms with van der Waals surface area (Å²) in [6, 6.07) is 6.92. The van der Waals surface area contributed by atoms with Gasteiger partial charge in [0, 0.05) is 18.7 Å². The van der Waals surface area contributed by atoms with Gasteiger partial charge < -0.3 is 5.11 Å². The molecule has 0 aliphatic rings. The molecule has 0 aliphatic heterocycles. The number of rotatable bonds is 7. The molecule has 0 aromatic heterocycles. The Labute approximate surface area is 120 Å². The van der Waals surface area contributed by atoms with Gasteiger partial charge in [0.1, 0.15) is 0 Å². The van der Waals surface area contributed by atoms with Crippen LogP contribution in [0.15, 0.2) is 29.2 Å². The van der Waals surface area contributed by atoms with Gasteiger partial charge in [0.05, 0.1) is 4.90 Å². The molecular weight excluding hydrogens is 278 g/mol. The van der Waals surface area contributed by atoms with E-state index in [4.69, 9.17) is 5.11 Å². The van der Waals surface area contributed by atoms with Crippen LogP contribution in [-0.4, -0.2) is 44.2 Å². The summed E-state index contributed by atoms with van der Waals surface area (Å²) in [5, 5.41) is 8.61. The van der Waals surface area contributed by atoms with E-state index in [2.05, 4.69) is 4.90 Å². The maximum absolute atomic E-state index is 11.4. The lowest BCUT2D eigenvalue weighted by Crippen LogP contribution is -2.24. The first-order valence-corrected chi connectivity index (χ1v) is 8.33. The largest absolute Gasteiger partial charge is 0.481 e. The molecule has 0 bridgehead atoms. The predicted molar refractivity (Wildman–Crippen MR) is 77.5 cm³/mol. The van der Waals surface area contributed by atoms with E-state index in [9.17, 15) is 13.2 Å². The molecule has 1 N–H and O–H groups in total. The van der Waals surface area contributed by atoms with E-state index in [1.165, 1.54) is 6.26 Å². The van der Waals surface area contributed by atoms with E-state index in [1.807, 2.05) is 14.0 Å². The fourth-order valence-electron chi connectivity index (χ4n) is 1.92. The molecule has 0 amide bonds. The Kier molecular flexibility index (Phi) is 5.71. The molecule has 1 aromatic carbocycles. The Morgan fingerprint density at radius 3 is 2.30 bits per heavy atom. The lowest BCUT2D eigenvalue weighted by Gasteiger charge is -2.25. The summed E-state index contributed by atoms with van der Waals surface area (Å²) in [4.78, 5) is 12.8. The second kappa shape index (κ2) is 6.85. The molecule has 1 rings (SSSR count). The summed E-state index contributed by atoms with van der Waals surface area (Å²) in [7, 11) is -1.24. The number of carbonyl (C=O) groups is 1. The van der Waals surface area contributed by atoms with Crippen molar-refractivity contribution in [2.24, 2.45) is 0 Å². The van der Waals surface area contributed by atoms with E-state index in [0.717, 1.165) is 5.56 Å². The van der Waals surface area contributed by atoms with Crippen molar-refractivity contribution in [3.8, 4) is 0 Å². The Morgan fingerprint density at radius 1 is 1.30 bits per heavy atom. The number of carboxylic acid groups (broad SMARTS) is 1. The van der Waals surface area contributed by atoms with Gasteiger partial charge in [-0.3, -0.25) is 9.69 Å². The molecule has 0 fully saturated rings. The van der Waals surface area contributed by atoms with Crippen molar-refractivity contribution in [3.05, 3.63) is 29.8 Å². The smallest absolute Gasteiger partial charge is 0.303 e. The molecule has 0 saturated heterocycles. The zero-order valence-corrected chi connectivity index (χ0v) is 12.9. The highest BCUT2D eigenvalue weighted by Gasteiger charge is 2.13. The summed E-state index contributed by atoms with van der Waals surface area (Å²) in [6.07, 6.45) is 1.94. The van der Waals surface area contributed by atoms with Crippen molar-refractivity contribution in [2.75, 3.05) is 19.8 Å². The molecule has 0 saturated carbocycles. The van der Waals surface area contributed by atoms with Crippen LogP contribution in [0.4, 0.5) is 0 Å². The number of nitrogens with zero attached hydrogens (tertiary/aromatic N) is 1. The van der Waals surface area contributed by atoms with Crippen LogP contribution in [0.5, 0.6) is 0 Å². The molecular formula is C14H21NO4S. The number of benzene rings is 1. The van der Waals surface area contributed by atoms with E-state index in [-0.39, 0.29) is 12.5 Å². The summed E-state index contributed by atoms with van der Waals surface area (Å²) in [6.45, 7) is 2.69. The molecule has 0 heterocycles. The van der Waals surface area contributed by atoms with Gasteiger partial charge >= 0.3 is 5.97 Å². The average Bonchev–Trinajstić information content (AvgIpc) is 2.36. The third kappa shape index (κ3) is 4.94. The van der Waals surface area contributed by atoms with Crippen molar-refractivity contribution in [1.29, 1.82) is 0 Å². The van der Waals surface area contributed by atoms with Crippen molar-refractivity contribution in [2.45, 2.75) is 30.7 Å². The van der Waals surface area contributed by atoms with Gasteiger partial charge in [-0.15, -0.1) is 0 Å². The third-order valence-electron chi connectivity index (χ3n) is 3.35. The second-order valence-electron chi connectivity index (χ2n) is 5.00. The van der Waals surface area contributed by atoms with Crippen LogP contribution in [0, 0.1) is 0 Å². The van der Waals surface area contributed by atoms with Gasteiger partial charge in [0.15, 0.2) is 9.84 Å². The zero-order chi connectivity index (χ0) is 15.3. The molecule has 1 atom stereocenters. The standard InChI is InChI=1S/C14H21NO4S/c1-11(15(2)10-4-5-14(16)17)12-6-8-13(9-7-12)20(3,18)19/h6-9,11H,4-5,10H2,1-3H3,(H,16,17). The van der Waals surface area contributed by atoms with E-state index >= 15 is 0 Å². The number of sulfone groups is 1. The number of carboxylic acids is 1. The van der Waals surface area contributed by atoms with Crippen LogP contribution in [-0.2, 0) is 14.6 Å². The molecule has 112 valence electrons. The molecule has 5 nitrogen and oxygen atoms in total. The molecule has 0 radical (unpaired) electrons. The molecule has 1 unspecified atom stereocenters. The minimum atomic E-state index is -3.17. The normalized spacial score (nSPS) is 13.4. The van der Waals surface area contributed by atoms with Crippen molar-refractivity contribution < 1.29 is 18.3 Å². The summed E-state index contributed by atoms with van der Waals surface area (Å²) >= 11 is 0. The fourth-order valence-corrected chi connectivity index (χ4v) is 2.55. The highest BCUT2D eigenvalue weighted by Crippen LogP contribution is 2.21. The number of aliphatic carboxylic acids is 1. The van der Waals surface area contributed by atoms with Crippen LogP contribution in [0.25, 0.3) is 0 Å². The first-order chi connectivity index (χ1) is 9.21. The fraction of sp³-hybridized carbons (Fsp3) is 0.500. The maximum Gasteiger partial charge on any atom is 0.303 e. The van der Waals surface area contributed by atoms with Crippen molar-refractivity contribution in [3.63, 3.8) is 0 Å². The lowest BCUT2D eigenvalue weighted by molar-refractivity contribution is -0.137. The average molecular weight is 299 g/mol. The number of hydrogen-bond donors (Lipinski definition) is 1. The predicted octanol–water partition coefficient (Wildman–Crippen LogP) is 1.95. The molecule has 0 aliphatic carbocycles. The summed E-state index contributed by atoms with van der Waals surface area (Å²) in [5.41, 5.74) is 1.01. The van der Waals surface area contributed by atoms with Gasteiger partial charge in [0.25, 0.3) is 0 Å². The minimum absolute atomic E-state index is 0.109. The van der Waals surface area contributed by atoms with Crippen molar-refractivity contribution in [1.82, 2.24) is 4.90 Å². The SMILES string of the molecule is CC(c1ccc(S(C)(=O)=O)cc1)N(C)CCCC(=O)O. The zero-order valence-electron chi connectivity index (χ0n) is 12.0. The minimum Gasteiger partial charge on any atom is -0.481 e. The van der Waals surface area contributed by atoms with E-state index in [0.29, 0.717) is 17.9 Å². The van der Waals surface area contributed by atoms with Crippen LogP contribution in [0.2, 0.25) is 0 Å². The van der Waals surface area contributed by atoms with E-state index < -0.39 is 15.8 Å². The van der Waals surface area contributed by atoms with Gasteiger partial charge in [-0.25, -0.2) is 8.42 Å². The Bertz CT molecular complexity index is 551. The maximum atomic E-state index is 11.4. The highest BCUT2D eigenvalue weighted by atomic mass is 32.2.